The van der Waals surface area contributed by atoms with E-state index in [1.807, 2.05) is 4.90 Å². The van der Waals surface area contributed by atoms with Crippen molar-refractivity contribution in [2.75, 3.05) is 46.4 Å². The predicted octanol–water partition coefficient (Wildman–Crippen LogP) is 1.99. The van der Waals surface area contributed by atoms with Gasteiger partial charge in [0.25, 0.3) is 11.6 Å². The number of ether oxygens (including phenoxy) is 1. The Hall–Kier alpha value is -2.73. The van der Waals surface area contributed by atoms with Gasteiger partial charge in [0.15, 0.2) is 0 Å². The Balaban J connectivity index is 1.48. The highest BCUT2D eigenvalue weighted by atomic mass is 35.5. The summed E-state index contributed by atoms with van der Waals surface area (Å²) in [5, 5.41) is 13.7. The van der Waals surface area contributed by atoms with Gasteiger partial charge in [-0.1, -0.05) is 11.6 Å². The minimum atomic E-state index is -3.58. The van der Waals surface area contributed by atoms with Crippen LogP contribution in [0.1, 0.15) is 10.4 Å². The summed E-state index contributed by atoms with van der Waals surface area (Å²) in [5.41, 5.74) is -0.176. The van der Waals surface area contributed by atoms with Gasteiger partial charge in [0.1, 0.15) is 10.8 Å². The number of piperazine rings is 1. The maximum atomic E-state index is 12.8. The molecule has 1 fully saturated rings. The summed E-state index contributed by atoms with van der Waals surface area (Å²) in [6.45, 7) is 2.57. The van der Waals surface area contributed by atoms with E-state index < -0.39 is 20.9 Å². The second-order valence-electron chi connectivity index (χ2n) is 7.10. The summed E-state index contributed by atoms with van der Waals surface area (Å²) in [5.74, 6) is 0.148. The molecule has 1 heterocycles. The fraction of sp³-hybridized carbons (Fsp3) is 0.350. The Morgan fingerprint density at radius 2 is 1.81 bits per heavy atom. The number of nitro benzene ring substituents is 1. The fourth-order valence-electron chi connectivity index (χ4n) is 3.31. The summed E-state index contributed by atoms with van der Waals surface area (Å²) >= 11 is 5.77. The zero-order valence-electron chi connectivity index (χ0n) is 17.4. The molecule has 1 aliphatic heterocycles. The summed E-state index contributed by atoms with van der Waals surface area (Å²) in [4.78, 5) is 24.9. The Morgan fingerprint density at radius 1 is 1.16 bits per heavy atom. The number of rotatable bonds is 8. The van der Waals surface area contributed by atoms with Gasteiger partial charge < -0.3 is 10.1 Å². The van der Waals surface area contributed by atoms with E-state index in [0.29, 0.717) is 45.0 Å². The number of sulfonamides is 1. The molecule has 1 saturated heterocycles. The molecule has 0 aromatic heterocycles. The SMILES string of the molecule is COc1ccc(S(=O)(=O)N2CCN(CCNC(=O)c3ccc(Cl)c([N+](=O)[O-])c3)CC2)cc1. The number of carbonyl (C=O) groups is 1. The van der Waals surface area contributed by atoms with Gasteiger partial charge in [-0.25, -0.2) is 8.42 Å². The highest BCUT2D eigenvalue weighted by Gasteiger charge is 2.28. The van der Waals surface area contributed by atoms with E-state index in [1.54, 1.807) is 12.1 Å². The molecule has 12 heteroatoms. The molecule has 0 radical (unpaired) electrons. The standard InChI is InChI=1S/C20H23ClN4O6S/c1-31-16-3-5-17(6-4-16)32(29,30)24-12-10-23(11-13-24)9-8-22-20(26)15-2-7-18(21)19(14-15)25(27)28/h2-7,14H,8-13H2,1H3,(H,22,26). The van der Waals surface area contributed by atoms with Crippen molar-refractivity contribution in [3.63, 3.8) is 0 Å². The maximum Gasteiger partial charge on any atom is 0.288 e. The molecule has 1 amide bonds. The third-order valence-electron chi connectivity index (χ3n) is 5.15. The van der Waals surface area contributed by atoms with E-state index in [4.69, 9.17) is 16.3 Å². The smallest absolute Gasteiger partial charge is 0.288 e. The van der Waals surface area contributed by atoms with Crippen LogP contribution in [-0.4, -0.2) is 74.8 Å². The first-order chi connectivity index (χ1) is 15.2. The zero-order valence-corrected chi connectivity index (χ0v) is 18.9. The summed E-state index contributed by atoms with van der Waals surface area (Å²) in [6.07, 6.45) is 0. The second-order valence-corrected chi connectivity index (χ2v) is 9.45. The summed E-state index contributed by atoms with van der Waals surface area (Å²) < 4.78 is 32.1. The minimum absolute atomic E-state index is 0.0333. The van der Waals surface area contributed by atoms with Gasteiger partial charge in [-0.15, -0.1) is 0 Å². The van der Waals surface area contributed by atoms with Crippen molar-refractivity contribution < 1.29 is 22.9 Å². The van der Waals surface area contributed by atoms with Crippen molar-refractivity contribution in [1.82, 2.24) is 14.5 Å². The Kier molecular flexibility index (Phi) is 7.67. The molecule has 3 rings (SSSR count). The van der Waals surface area contributed by atoms with Crippen LogP contribution in [0.4, 0.5) is 5.69 Å². The van der Waals surface area contributed by atoms with Crippen LogP contribution in [0.3, 0.4) is 0 Å². The third-order valence-corrected chi connectivity index (χ3v) is 7.38. The normalized spacial score (nSPS) is 15.3. The molecular weight excluding hydrogens is 460 g/mol. The molecule has 10 nitrogen and oxygen atoms in total. The first kappa shape index (κ1) is 23.9. The first-order valence-corrected chi connectivity index (χ1v) is 11.6. The number of hydrogen-bond donors (Lipinski definition) is 1. The van der Waals surface area contributed by atoms with E-state index in [-0.39, 0.29) is 21.2 Å². The van der Waals surface area contributed by atoms with Crippen molar-refractivity contribution >= 4 is 33.2 Å². The Labute approximate surface area is 190 Å². The number of methoxy groups -OCH3 is 1. The number of amides is 1. The number of hydrogen-bond acceptors (Lipinski definition) is 7. The maximum absolute atomic E-state index is 12.8. The van der Waals surface area contributed by atoms with Crippen molar-refractivity contribution in [1.29, 1.82) is 0 Å². The summed E-state index contributed by atoms with van der Waals surface area (Å²) in [6, 6.07) is 10.2. The lowest BCUT2D eigenvalue weighted by molar-refractivity contribution is -0.384. The van der Waals surface area contributed by atoms with E-state index in [0.717, 1.165) is 6.07 Å². The highest BCUT2D eigenvalue weighted by molar-refractivity contribution is 7.89. The van der Waals surface area contributed by atoms with Crippen LogP contribution >= 0.6 is 11.6 Å². The van der Waals surface area contributed by atoms with Gasteiger partial charge in [-0.05, 0) is 36.4 Å². The van der Waals surface area contributed by atoms with Crippen LogP contribution in [-0.2, 0) is 10.0 Å². The quantitative estimate of drug-likeness (QED) is 0.451. The minimum Gasteiger partial charge on any atom is -0.497 e. The number of nitrogens with zero attached hydrogens (tertiary/aromatic N) is 3. The average Bonchev–Trinajstić information content (AvgIpc) is 2.79. The van der Waals surface area contributed by atoms with Gasteiger partial charge in [0.2, 0.25) is 10.0 Å². The lowest BCUT2D eigenvalue weighted by atomic mass is 10.2. The number of benzene rings is 2. The molecule has 2 aromatic carbocycles. The zero-order chi connectivity index (χ0) is 23.3. The largest absolute Gasteiger partial charge is 0.497 e. The predicted molar refractivity (Wildman–Crippen MR) is 119 cm³/mol. The molecule has 1 N–H and O–H groups in total. The Morgan fingerprint density at radius 3 is 2.41 bits per heavy atom. The molecule has 0 spiro atoms. The van der Waals surface area contributed by atoms with Crippen molar-refractivity contribution in [2.24, 2.45) is 0 Å². The van der Waals surface area contributed by atoms with E-state index >= 15 is 0 Å². The number of nitrogens with one attached hydrogen (secondary N) is 1. The van der Waals surface area contributed by atoms with Gasteiger partial charge in [-0.3, -0.25) is 19.8 Å². The van der Waals surface area contributed by atoms with Crippen LogP contribution in [0.5, 0.6) is 5.75 Å². The fourth-order valence-corrected chi connectivity index (χ4v) is 4.92. The van der Waals surface area contributed by atoms with Crippen molar-refractivity contribution in [3.05, 3.63) is 63.2 Å². The topological polar surface area (TPSA) is 122 Å². The van der Waals surface area contributed by atoms with Gasteiger partial charge in [0.05, 0.1) is 16.9 Å². The molecule has 0 atom stereocenters. The molecular formula is C20H23ClN4O6S. The van der Waals surface area contributed by atoms with Crippen LogP contribution < -0.4 is 10.1 Å². The first-order valence-electron chi connectivity index (χ1n) is 9.81. The molecule has 32 heavy (non-hydrogen) atoms. The molecule has 172 valence electrons. The molecule has 2 aromatic rings. The van der Waals surface area contributed by atoms with E-state index in [9.17, 15) is 23.3 Å². The third kappa shape index (κ3) is 5.54. The molecule has 1 aliphatic rings. The van der Waals surface area contributed by atoms with Crippen LogP contribution in [0.15, 0.2) is 47.4 Å². The highest BCUT2D eigenvalue weighted by Crippen LogP contribution is 2.25. The molecule has 0 unspecified atom stereocenters. The number of carbonyl (C=O) groups excluding carboxylic acids is 1. The summed E-state index contributed by atoms with van der Waals surface area (Å²) in [7, 11) is -2.06. The number of nitro groups is 1. The number of halogens is 1. The molecule has 0 bridgehead atoms. The van der Waals surface area contributed by atoms with Gasteiger partial charge in [-0.2, -0.15) is 4.31 Å². The second kappa shape index (κ2) is 10.3. The lowest BCUT2D eigenvalue weighted by Crippen LogP contribution is -2.50. The van der Waals surface area contributed by atoms with Gasteiger partial charge in [0, 0.05) is 50.9 Å². The monoisotopic (exact) mass is 482 g/mol. The van der Waals surface area contributed by atoms with E-state index in [1.165, 1.54) is 35.7 Å². The van der Waals surface area contributed by atoms with Crippen molar-refractivity contribution in [3.8, 4) is 5.75 Å². The lowest BCUT2D eigenvalue weighted by Gasteiger charge is -2.34. The average molecular weight is 483 g/mol. The van der Waals surface area contributed by atoms with Crippen LogP contribution in [0.25, 0.3) is 0 Å². The molecule has 0 saturated carbocycles. The van der Waals surface area contributed by atoms with Crippen LogP contribution in [0.2, 0.25) is 5.02 Å². The molecule has 0 aliphatic carbocycles. The Bertz CT molecular complexity index is 1090. The van der Waals surface area contributed by atoms with E-state index in [2.05, 4.69) is 5.32 Å². The van der Waals surface area contributed by atoms with Crippen molar-refractivity contribution in [2.45, 2.75) is 4.90 Å². The van der Waals surface area contributed by atoms with Crippen LogP contribution in [0, 0.1) is 10.1 Å². The van der Waals surface area contributed by atoms with Gasteiger partial charge >= 0.3 is 0 Å².